The van der Waals surface area contributed by atoms with E-state index in [1.165, 1.54) is 18.4 Å². The average Bonchev–Trinajstić information content (AvgIpc) is 2.77. The molecule has 0 fully saturated rings. The van der Waals surface area contributed by atoms with Crippen LogP contribution in [0.4, 0.5) is 5.00 Å². The van der Waals surface area contributed by atoms with Crippen LogP contribution in [0, 0.1) is 20.8 Å². The first-order chi connectivity index (χ1) is 9.90. The van der Waals surface area contributed by atoms with Gasteiger partial charge in [-0.15, -0.1) is 11.3 Å². The zero-order chi connectivity index (χ0) is 15.6. The summed E-state index contributed by atoms with van der Waals surface area (Å²) < 4.78 is 4.71. The monoisotopic (exact) mass is 303 g/mol. The number of hydrogen-bond acceptors (Lipinski definition) is 4. The minimum absolute atomic E-state index is 0.181. The number of anilines is 1. The second-order valence-electron chi connectivity index (χ2n) is 4.94. The van der Waals surface area contributed by atoms with Crippen LogP contribution in [-0.4, -0.2) is 19.0 Å². The Morgan fingerprint density at radius 3 is 2.24 bits per heavy atom. The van der Waals surface area contributed by atoms with Gasteiger partial charge in [0, 0.05) is 5.56 Å². The highest BCUT2D eigenvalue weighted by Crippen LogP contribution is 2.27. The van der Waals surface area contributed by atoms with Crippen LogP contribution in [0.3, 0.4) is 0 Å². The Morgan fingerprint density at radius 1 is 1.05 bits per heavy atom. The summed E-state index contributed by atoms with van der Waals surface area (Å²) in [7, 11) is 1.34. The second kappa shape index (κ2) is 6.10. The van der Waals surface area contributed by atoms with Crippen LogP contribution in [0.1, 0.15) is 36.7 Å². The van der Waals surface area contributed by atoms with Crippen molar-refractivity contribution < 1.29 is 14.3 Å². The number of carbonyl (C=O) groups excluding carboxylic acids is 2. The van der Waals surface area contributed by atoms with Gasteiger partial charge in [0.25, 0.3) is 5.91 Å². The van der Waals surface area contributed by atoms with Gasteiger partial charge < -0.3 is 10.1 Å². The third kappa shape index (κ3) is 3.49. The lowest BCUT2D eigenvalue weighted by Crippen LogP contribution is -2.11. The summed E-state index contributed by atoms with van der Waals surface area (Å²) in [6, 6.07) is 7.47. The number of hydrogen-bond donors (Lipinski definition) is 1. The fourth-order valence-corrected chi connectivity index (χ4v) is 3.11. The molecule has 0 atom stereocenters. The summed E-state index contributed by atoms with van der Waals surface area (Å²) in [6.45, 7) is 5.72. The number of ether oxygens (including phenoxy) is 1. The summed E-state index contributed by atoms with van der Waals surface area (Å²) in [5, 5.41) is 3.46. The molecule has 1 aromatic carbocycles. The maximum absolute atomic E-state index is 12.3. The summed E-state index contributed by atoms with van der Waals surface area (Å²) >= 11 is 1.22. The molecule has 1 N–H and O–H groups in total. The molecule has 0 saturated carbocycles. The van der Waals surface area contributed by atoms with Gasteiger partial charge >= 0.3 is 5.97 Å². The molecule has 2 aromatic rings. The van der Waals surface area contributed by atoms with Crippen molar-refractivity contribution in [3.63, 3.8) is 0 Å². The molecule has 0 aliphatic heterocycles. The molecule has 0 bridgehead atoms. The van der Waals surface area contributed by atoms with Gasteiger partial charge in [0.15, 0.2) is 0 Å². The largest absolute Gasteiger partial charge is 0.465 e. The van der Waals surface area contributed by atoms with E-state index in [1.54, 1.807) is 6.07 Å². The van der Waals surface area contributed by atoms with Crippen LogP contribution in [0.5, 0.6) is 0 Å². The zero-order valence-corrected chi connectivity index (χ0v) is 13.3. The van der Waals surface area contributed by atoms with E-state index in [2.05, 4.69) is 5.32 Å². The summed E-state index contributed by atoms with van der Waals surface area (Å²) in [4.78, 5) is 24.3. The third-order valence-corrected chi connectivity index (χ3v) is 4.14. The molecule has 110 valence electrons. The number of benzene rings is 1. The first-order valence-electron chi connectivity index (χ1n) is 6.49. The molecule has 0 aliphatic carbocycles. The maximum atomic E-state index is 12.3. The Balaban J connectivity index is 2.22. The molecular weight excluding hydrogens is 286 g/mol. The smallest absolute Gasteiger partial charge is 0.348 e. The summed E-state index contributed by atoms with van der Waals surface area (Å²) in [5.41, 5.74) is 3.48. The third-order valence-electron chi connectivity index (χ3n) is 3.01. The normalized spacial score (nSPS) is 10.3. The van der Waals surface area contributed by atoms with E-state index in [4.69, 9.17) is 4.74 Å². The first kappa shape index (κ1) is 15.3. The van der Waals surface area contributed by atoms with Gasteiger partial charge in [-0.25, -0.2) is 4.79 Å². The SMILES string of the molecule is COC(=O)c1sc(NC(=O)c2cc(C)cc(C)c2)cc1C. The Hall–Kier alpha value is -2.14. The molecule has 1 aromatic heterocycles. The Morgan fingerprint density at radius 2 is 1.67 bits per heavy atom. The van der Waals surface area contributed by atoms with Gasteiger partial charge in [0.2, 0.25) is 0 Å². The number of thiophene rings is 1. The number of amides is 1. The van der Waals surface area contributed by atoms with Crippen LogP contribution in [0.15, 0.2) is 24.3 Å². The predicted octanol–water partition coefficient (Wildman–Crippen LogP) is 3.71. The van der Waals surface area contributed by atoms with Gasteiger partial charge in [0.05, 0.1) is 12.1 Å². The summed E-state index contributed by atoms with van der Waals surface area (Å²) in [5.74, 6) is -0.566. The first-order valence-corrected chi connectivity index (χ1v) is 7.30. The number of methoxy groups -OCH3 is 1. The molecule has 0 saturated heterocycles. The van der Waals surface area contributed by atoms with E-state index in [0.29, 0.717) is 15.4 Å². The van der Waals surface area contributed by atoms with E-state index in [1.807, 2.05) is 39.0 Å². The fourth-order valence-electron chi connectivity index (χ4n) is 2.13. The van der Waals surface area contributed by atoms with Crippen molar-refractivity contribution in [1.82, 2.24) is 0 Å². The Labute approximate surface area is 127 Å². The van der Waals surface area contributed by atoms with Crippen molar-refractivity contribution in [3.05, 3.63) is 51.4 Å². The molecule has 0 aliphatic rings. The van der Waals surface area contributed by atoms with Crippen LogP contribution in [0.2, 0.25) is 0 Å². The van der Waals surface area contributed by atoms with Gasteiger partial charge in [-0.05, 0) is 44.5 Å². The number of carbonyl (C=O) groups is 2. The lowest BCUT2D eigenvalue weighted by atomic mass is 10.1. The van der Waals surface area contributed by atoms with Crippen LogP contribution >= 0.6 is 11.3 Å². The summed E-state index contributed by atoms with van der Waals surface area (Å²) in [6.07, 6.45) is 0. The van der Waals surface area contributed by atoms with Crippen molar-refractivity contribution in [2.45, 2.75) is 20.8 Å². The van der Waals surface area contributed by atoms with Crippen molar-refractivity contribution in [2.24, 2.45) is 0 Å². The van der Waals surface area contributed by atoms with Crippen LogP contribution < -0.4 is 5.32 Å². The highest BCUT2D eigenvalue weighted by Gasteiger charge is 2.16. The topological polar surface area (TPSA) is 55.4 Å². The van der Waals surface area contributed by atoms with Crippen molar-refractivity contribution >= 4 is 28.2 Å². The quantitative estimate of drug-likeness (QED) is 0.879. The van der Waals surface area contributed by atoms with E-state index < -0.39 is 0 Å². The lowest BCUT2D eigenvalue weighted by Gasteiger charge is -2.05. The highest BCUT2D eigenvalue weighted by molar-refractivity contribution is 7.18. The minimum atomic E-state index is -0.385. The standard InChI is InChI=1S/C16H17NO3S/c1-9-5-10(2)7-12(6-9)15(18)17-13-8-11(3)14(21-13)16(19)20-4/h5-8H,1-4H3,(H,17,18). The molecule has 1 heterocycles. The molecule has 2 rings (SSSR count). The Kier molecular flexibility index (Phi) is 4.43. The molecule has 0 radical (unpaired) electrons. The zero-order valence-electron chi connectivity index (χ0n) is 12.4. The van der Waals surface area contributed by atoms with E-state index >= 15 is 0 Å². The number of nitrogens with one attached hydrogen (secondary N) is 1. The van der Waals surface area contributed by atoms with Crippen molar-refractivity contribution in [1.29, 1.82) is 0 Å². The maximum Gasteiger partial charge on any atom is 0.348 e. The highest BCUT2D eigenvalue weighted by atomic mass is 32.1. The molecular formula is C16H17NO3S. The molecule has 1 amide bonds. The van der Waals surface area contributed by atoms with Gasteiger partial charge in [-0.2, -0.15) is 0 Å². The van der Waals surface area contributed by atoms with Gasteiger partial charge in [-0.3, -0.25) is 4.79 Å². The predicted molar refractivity (Wildman–Crippen MR) is 84.3 cm³/mol. The second-order valence-corrected chi connectivity index (χ2v) is 6.00. The van der Waals surface area contributed by atoms with E-state index in [9.17, 15) is 9.59 Å². The van der Waals surface area contributed by atoms with Crippen molar-refractivity contribution in [2.75, 3.05) is 12.4 Å². The van der Waals surface area contributed by atoms with Crippen molar-refractivity contribution in [3.8, 4) is 0 Å². The average molecular weight is 303 g/mol. The lowest BCUT2D eigenvalue weighted by molar-refractivity contribution is 0.0605. The molecule has 0 spiro atoms. The van der Waals surface area contributed by atoms with Gasteiger partial charge in [-0.1, -0.05) is 17.2 Å². The van der Waals surface area contributed by atoms with E-state index in [0.717, 1.165) is 16.7 Å². The number of esters is 1. The van der Waals surface area contributed by atoms with Gasteiger partial charge in [0.1, 0.15) is 4.88 Å². The molecule has 21 heavy (non-hydrogen) atoms. The van der Waals surface area contributed by atoms with Crippen LogP contribution in [0.25, 0.3) is 0 Å². The minimum Gasteiger partial charge on any atom is -0.465 e. The molecule has 4 nitrogen and oxygen atoms in total. The Bertz CT molecular complexity index is 683. The molecule has 0 unspecified atom stereocenters. The van der Waals surface area contributed by atoms with Crippen LogP contribution in [-0.2, 0) is 4.74 Å². The number of rotatable bonds is 3. The fraction of sp³-hybridized carbons (Fsp3) is 0.250. The van der Waals surface area contributed by atoms with E-state index in [-0.39, 0.29) is 11.9 Å². The number of aryl methyl sites for hydroxylation is 3. The molecule has 5 heteroatoms.